The number of carbonyl (C=O) groups excluding carboxylic acids is 5. The van der Waals surface area contributed by atoms with Crippen LogP contribution in [0.15, 0.2) is 11.6 Å². The van der Waals surface area contributed by atoms with E-state index in [1.807, 2.05) is 6.08 Å². The van der Waals surface area contributed by atoms with Crippen molar-refractivity contribution < 1.29 is 47.7 Å². The molecule has 1 unspecified atom stereocenters. The number of unbranched alkanes of at least 4 members (excludes halogenated alkanes) is 24. The van der Waals surface area contributed by atoms with Crippen molar-refractivity contribution >= 4 is 29.7 Å². The van der Waals surface area contributed by atoms with E-state index in [1.165, 1.54) is 134 Å². The normalized spacial score (nSPS) is 24.1. The van der Waals surface area contributed by atoms with Crippen molar-refractivity contribution in [3.63, 3.8) is 0 Å². The summed E-state index contributed by atoms with van der Waals surface area (Å²) >= 11 is 0. The topological polar surface area (TPSA) is 132 Å². The van der Waals surface area contributed by atoms with E-state index in [1.54, 1.807) is 6.92 Å². The number of fused-ring (bicyclic) bond motifs is 5. The predicted molar refractivity (Wildman–Crippen MR) is 283 cm³/mol. The third-order valence-corrected chi connectivity index (χ3v) is 17.5. The molecule has 10 nitrogen and oxygen atoms in total. The molecule has 0 bridgehead atoms. The van der Waals surface area contributed by atoms with Crippen molar-refractivity contribution in [3.8, 4) is 0 Å². The lowest BCUT2D eigenvalue weighted by atomic mass is 9.47. The molecule has 0 aliphatic heterocycles. The average molecular weight is 997 g/mol. The van der Waals surface area contributed by atoms with Crippen LogP contribution >= 0.6 is 0 Å². The SMILES string of the molecule is CCCCCCCCCCCCCCCC(=O)OCC(COC(=O)CCCCCCCCCCCCCCC)OC(=O)CC(C)CC(=O)OCO[C@H]1CC[C@H]2[C@@H]3CCC4=CC(=O)CC[C@]4(C)[C@H]3CC[C@]12C. The first-order valence-electron chi connectivity index (χ1n) is 29.9. The number of esters is 4. The van der Waals surface area contributed by atoms with Gasteiger partial charge in [-0.15, -0.1) is 0 Å². The quantitative estimate of drug-likeness (QED) is 0.0253. The molecule has 0 N–H and O–H groups in total. The molecule has 0 radical (unpaired) electrons. The van der Waals surface area contributed by atoms with E-state index < -0.39 is 18.0 Å². The molecule has 408 valence electrons. The van der Waals surface area contributed by atoms with E-state index >= 15 is 0 Å². The third-order valence-electron chi connectivity index (χ3n) is 17.5. The molecular formula is C61H104O10. The molecule has 0 heterocycles. The minimum Gasteiger partial charge on any atom is -0.462 e. The Morgan fingerprint density at radius 1 is 0.549 bits per heavy atom. The molecule has 4 aliphatic carbocycles. The number of rotatable bonds is 40. The van der Waals surface area contributed by atoms with Gasteiger partial charge in [0.2, 0.25) is 0 Å². The van der Waals surface area contributed by atoms with Crippen LogP contribution in [0.1, 0.15) is 279 Å². The molecular weight excluding hydrogens is 893 g/mol. The monoisotopic (exact) mass is 997 g/mol. The van der Waals surface area contributed by atoms with Gasteiger partial charge in [0.05, 0.1) is 6.10 Å². The predicted octanol–water partition coefficient (Wildman–Crippen LogP) is 15.8. The maximum Gasteiger partial charge on any atom is 0.308 e. The van der Waals surface area contributed by atoms with Crippen LogP contribution in [0.4, 0.5) is 0 Å². The van der Waals surface area contributed by atoms with Crippen LogP contribution in [0.3, 0.4) is 0 Å². The molecule has 0 saturated heterocycles. The van der Waals surface area contributed by atoms with Gasteiger partial charge in [-0.05, 0) is 98.4 Å². The zero-order chi connectivity index (χ0) is 51.2. The Kier molecular flexibility index (Phi) is 29.7. The molecule has 0 amide bonds. The summed E-state index contributed by atoms with van der Waals surface area (Å²) in [6, 6.07) is 0. The zero-order valence-electron chi connectivity index (χ0n) is 46.1. The van der Waals surface area contributed by atoms with E-state index in [0.717, 1.165) is 83.5 Å². The Hall–Kier alpha value is -2.75. The minimum absolute atomic E-state index is 0.0233. The van der Waals surface area contributed by atoms with E-state index in [-0.39, 0.29) is 73.4 Å². The van der Waals surface area contributed by atoms with Crippen molar-refractivity contribution in [2.45, 2.75) is 291 Å². The molecule has 4 aliphatic rings. The summed E-state index contributed by atoms with van der Waals surface area (Å²) in [5.74, 6) is 0.0463. The second kappa shape index (κ2) is 34.7. The highest BCUT2D eigenvalue weighted by atomic mass is 16.7. The molecule has 7 atom stereocenters. The smallest absolute Gasteiger partial charge is 0.308 e. The van der Waals surface area contributed by atoms with Gasteiger partial charge >= 0.3 is 23.9 Å². The summed E-state index contributed by atoms with van der Waals surface area (Å²) in [5, 5.41) is 0. The van der Waals surface area contributed by atoms with Crippen LogP contribution < -0.4 is 0 Å². The van der Waals surface area contributed by atoms with Gasteiger partial charge in [-0.2, -0.15) is 0 Å². The Morgan fingerprint density at radius 2 is 1.03 bits per heavy atom. The van der Waals surface area contributed by atoms with Gasteiger partial charge in [0.15, 0.2) is 18.7 Å². The molecule has 0 aromatic rings. The Balaban J connectivity index is 1.13. The van der Waals surface area contributed by atoms with Gasteiger partial charge in [0, 0.05) is 32.1 Å². The number of allylic oxidation sites excluding steroid dienone is 1. The van der Waals surface area contributed by atoms with Crippen LogP contribution in [-0.2, 0) is 47.7 Å². The second-order valence-corrected chi connectivity index (χ2v) is 23.4. The Morgan fingerprint density at radius 3 is 1.54 bits per heavy atom. The van der Waals surface area contributed by atoms with Gasteiger partial charge in [-0.25, -0.2) is 0 Å². The molecule has 10 heteroatoms. The summed E-state index contributed by atoms with van der Waals surface area (Å²) < 4.78 is 28.8. The first-order valence-corrected chi connectivity index (χ1v) is 29.9. The largest absolute Gasteiger partial charge is 0.462 e. The molecule has 0 aromatic carbocycles. The second-order valence-electron chi connectivity index (χ2n) is 23.4. The van der Waals surface area contributed by atoms with E-state index in [2.05, 4.69) is 27.7 Å². The molecule has 3 fully saturated rings. The first kappa shape index (κ1) is 60.8. The Bertz CT molecular complexity index is 1530. The highest BCUT2D eigenvalue weighted by molar-refractivity contribution is 5.91. The summed E-state index contributed by atoms with van der Waals surface area (Å²) in [6.07, 6.45) is 41.5. The van der Waals surface area contributed by atoms with Gasteiger partial charge in [0.25, 0.3) is 0 Å². The van der Waals surface area contributed by atoms with Gasteiger partial charge in [0.1, 0.15) is 13.2 Å². The van der Waals surface area contributed by atoms with E-state index in [0.29, 0.717) is 37.0 Å². The molecule has 0 spiro atoms. The average Bonchev–Trinajstić information content (AvgIpc) is 3.68. The Labute approximate surface area is 432 Å². The van der Waals surface area contributed by atoms with Crippen LogP contribution in [0.5, 0.6) is 0 Å². The van der Waals surface area contributed by atoms with Crippen LogP contribution in [0, 0.1) is 34.5 Å². The molecule has 0 aromatic heterocycles. The number of hydrogen-bond acceptors (Lipinski definition) is 10. The molecule has 71 heavy (non-hydrogen) atoms. The van der Waals surface area contributed by atoms with Gasteiger partial charge in [-0.1, -0.05) is 194 Å². The lowest BCUT2D eigenvalue weighted by molar-refractivity contribution is -0.174. The number of ketones is 1. The van der Waals surface area contributed by atoms with Crippen molar-refractivity contribution in [3.05, 3.63) is 11.6 Å². The van der Waals surface area contributed by atoms with Crippen LogP contribution in [0.2, 0.25) is 0 Å². The van der Waals surface area contributed by atoms with Crippen molar-refractivity contribution in [1.82, 2.24) is 0 Å². The van der Waals surface area contributed by atoms with Crippen LogP contribution in [0.25, 0.3) is 0 Å². The third kappa shape index (κ3) is 22.3. The highest BCUT2D eigenvalue weighted by Crippen LogP contribution is 2.65. The van der Waals surface area contributed by atoms with Gasteiger partial charge in [-0.3, -0.25) is 24.0 Å². The standard InChI is InChI=1S/C61H104O10/c1-6-8-10-12-14-16-18-20-22-24-26-28-30-32-56(63)67-45-51(46-68-57(64)33-31-29-27-25-23-21-19-17-15-13-11-9-7-2)71-59(66)43-48(3)42-58(65)70-47-69-55-37-36-53-52-35-34-49-44-50(62)38-40-60(49,4)54(52)39-41-61(53,55)5/h44,48,51-55H,6-43,45-47H2,1-5H3/t48?,52-,53-,54-,55-,60-,61-/m0/s1. The molecule has 4 rings (SSSR count). The van der Waals surface area contributed by atoms with Crippen molar-refractivity contribution in [1.29, 1.82) is 0 Å². The van der Waals surface area contributed by atoms with Gasteiger partial charge < -0.3 is 23.7 Å². The fourth-order valence-corrected chi connectivity index (χ4v) is 13.1. The van der Waals surface area contributed by atoms with E-state index in [4.69, 9.17) is 23.7 Å². The zero-order valence-corrected chi connectivity index (χ0v) is 46.1. The number of carbonyl (C=O) groups is 5. The fraction of sp³-hybridized carbons (Fsp3) is 0.885. The minimum atomic E-state index is -0.935. The van der Waals surface area contributed by atoms with Crippen LogP contribution in [-0.4, -0.2) is 61.9 Å². The van der Waals surface area contributed by atoms with E-state index in [9.17, 15) is 24.0 Å². The maximum absolute atomic E-state index is 13.2. The summed E-state index contributed by atoms with van der Waals surface area (Å²) in [7, 11) is 0. The summed E-state index contributed by atoms with van der Waals surface area (Å²) in [4.78, 5) is 64.0. The maximum atomic E-state index is 13.2. The first-order chi connectivity index (χ1) is 34.4. The summed E-state index contributed by atoms with van der Waals surface area (Å²) in [6.45, 7) is 10.6. The lowest BCUT2D eigenvalue weighted by Gasteiger charge is -2.57. The summed E-state index contributed by atoms with van der Waals surface area (Å²) in [5.41, 5.74) is 1.54. The highest BCUT2D eigenvalue weighted by Gasteiger charge is 2.59. The molecule has 3 saturated carbocycles. The number of ether oxygens (including phenoxy) is 5. The van der Waals surface area contributed by atoms with Crippen molar-refractivity contribution in [2.75, 3.05) is 20.0 Å². The number of hydrogen-bond donors (Lipinski definition) is 0. The fourth-order valence-electron chi connectivity index (χ4n) is 13.1. The van der Waals surface area contributed by atoms with Crippen molar-refractivity contribution in [2.24, 2.45) is 34.5 Å². The lowest BCUT2D eigenvalue weighted by Crippen LogP contribution is -2.51.